The average Bonchev–Trinajstić information content (AvgIpc) is 2.53. The SMILES string of the molecule is N#Cc1ccc(Cl)cc1NC(=O)COc1ccccc1C(N)=O. The van der Waals surface area contributed by atoms with Crippen LogP contribution in [0.1, 0.15) is 15.9 Å². The number of para-hydroxylation sites is 1. The summed E-state index contributed by atoms with van der Waals surface area (Å²) in [4.78, 5) is 23.2. The molecule has 0 fully saturated rings. The number of ether oxygens (including phenoxy) is 1. The van der Waals surface area contributed by atoms with Gasteiger partial charge in [-0.3, -0.25) is 9.59 Å². The second-order valence-electron chi connectivity index (χ2n) is 4.50. The summed E-state index contributed by atoms with van der Waals surface area (Å²) in [6, 6.07) is 12.8. The topological polar surface area (TPSA) is 105 Å². The molecule has 2 aromatic carbocycles. The lowest BCUT2D eigenvalue weighted by molar-refractivity contribution is -0.118. The van der Waals surface area contributed by atoms with Crippen molar-refractivity contribution in [3.8, 4) is 11.8 Å². The number of carbonyl (C=O) groups excluding carboxylic acids is 2. The van der Waals surface area contributed by atoms with Gasteiger partial charge in [0.15, 0.2) is 6.61 Å². The molecule has 0 spiro atoms. The Morgan fingerprint density at radius 3 is 2.70 bits per heavy atom. The number of anilines is 1. The van der Waals surface area contributed by atoms with Crippen molar-refractivity contribution >= 4 is 29.1 Å². The van der Waals surface area contributed by atoms with Crippen molar-refractivity contribution < 1.29 is 14.3 Å². The molecule has 6 nitrogen and oxygen atoms in total. The third-order valence-corrected chi connectivity index (χ3v) is 3.12. The maximum absolute atomic E-state index is 11.9. The van der Waals surface area contributed by atoms with Crippen LogP contribution >= 0.6 is 11.6 Å². The maximum atomic E-state index is 11.9. The van der Waals surface area contributed by atoms with Crippen molar-refractivity contribution in [3.05, 3.63) is 58.6 Å². The molecule has 0 heterocycles. The van der Waals surface area contributed by atoms with E-state index in [0.717, 1.165) is 0 Å². The zero-order chi connectivity index (χ0) is 16.8. The standard InChI is InChI=1S/C16H12ClN3O3/c17-11-6-5-10(8-18)13(7-11)20-15(21)9-23-14-4-2-1-3-12(14)16(19)22/h1-7H,9H2,(H2,19,22)(H,20,21). The fourth-order valence-electron chi connectivity index (χ4n) is 1.84. The number of nitrogens with zero attached hydrogens (tertiary/aromatic N) is 1. The highest BCUT2D eigenvalue weighted by Crippen LogP contribution is 2.21. The van der Waals surface area contributed by atoms with Gasteiger partial charge in [0, 0.05) is 5.02 Å². The molecule has 3 N–H and O–H groups in total. The van der Waals surface area contributed by atoms with Crippen LogP contribution < -0.4 is 15.8 Å². The van der Waals surface area contributed by atoms with E-state index in [0.29, 0.717) is 5.02 Å². The molecule has 2 rings (SSSR count). The Bertz CT molecular complexity index is 799. The molecule has 0 aromatic heterocycles. The maximum Gasteiger partial charge on any atom is 0.262 e. The van der Waals surface area contributed by atoms with E-state index in [4.69, 9.17) is 27.3 Å². The minimum absolute atomic E-state index is 0.181. The zero-order valence-electron chi connectivity index (χ0n) is 11.9. The number of rotatable bonds is 5. The predicted octanol–water partition coefficient (Wildman–Crippen LogP) is 2.33. The van der Waals surface area contributed by atoms with Crippen molar-refractivity contribution in [2.24, 2.45) is 5.73 Å². The average molecular weight is 330 g/mol. The Kier molecular flexibility index (Phi) is 5.18. The van der Waals surface area contributed by atoms with Gasteiger partial charge in [-0.15, -0.1) is 0 Å². The van der Waals surface area contributed by atoms with Gasteiger partial charge >= 0.3 is 0 Å². The molecule has 0 saturated heterocycles. The van der Waals surface area contributed by atoms with Gasteiger partial charge in [0.05, 0.1) is 16.8 Å². The van der Waals surface area contributed by atoms with Gasteiger partial charge in [-0.1, -0.05) is 23.7 Å². The molecule has 0 saturated carbocycles. The quantitative estimate of drug-likeness (QED) is 0.878. The Labute approximate surface area is 137 Å². The first-order valence-corrected chi connectivity index (χ1v) is 6.90. The summed E-state index contributed by atoms with van der Waals surface area (Å²) in [7, 11) is 0. The summed E-state index contributed by atoms with van der Waals surface area (Å²) in [6.45, 7) is -0.346. The van der Waals surface area contributed by atoms with Crippen LogP contribution in [0.4, 0.5) is 5.69 Å². The van der Waals surface area contributed by atoms with E-state index >= 15 is 0 Å². The lowest BCUT2D eigenvalue weighted by Crippen LogP contribution is -2.22. The van der Waals surface area contributed by atoms with Crippen LogP contribution in [0.3, 0.4) is 0 Å². The third kappa shape index (κ3) is 4.22. The van der Waals surface area contributed by atoms with Gasteiger partial charge < -0.3 is 15.8 Å². The predicted molar refractivity (Wildman–Crippen MR) is 85.3 cm³/mol. The molecular formula is C16H12ClN3O3. The summed E-state index contributed by atoms with van der Waals surface area (Å²) in [6.07, 6.45) is 0. The van der Waals surface area contributed by atoms with Crippen LogP contribution in [0, 0.1) is 11.3 Å². The fraction of sp³-hybridized carbons (Fsp3) is 0.0625. The Morgan fingerprint density at radius 1 is 1.26 bits per heavy atom. The zero-order valence-corrected chi connectivity index (χ0v) is 12.6. The van der Waals surface area contributed by atoms with Crippen molar-refractivity contribution in [1.29, 1.82) is 5.26 Å². The van der Waals surface area contributed by atoms with Gasteiger partial charge in [-0.25, -0.2) is 0 Å². The lowest BCUT2D eigenvalue weighted by Gasteiger charge is -2.10. The number of nitrogens with one attached hydrogen (secondary N) is 1. The van der Waals surface area contributed by atoms with E-state index in [2.05, 4.69) is 5.32 Å². The number of hydrogen-bond acceptors (Lipinski definition) is 4. The molecular weight excluding hydrogens is 318 g/mol. The molecule has 23 heavy (non-hydrogen) atoms. The molecule has 0 radical (unpaired) electrons. The summed E-state index contributed by atoms with van der Waals surface area (Å²) in [5, 5.41) is 11.9. The second-order valence-corrected chi connectivity index (χ2v) is 4.94. The van der Waals surface area contributed by atoms with E-state index in [1.54, 1.807) is 18.2 Å². The summed E-state index contributed by atoms with van der Waals surface area (Å²) in [5.74, 6) is -0.938. The molecule has 0 aliphatic heterocycles. The van der Waals surface area contributed by atoms with Gasteiger partial charge in [0.1, 0.15) is 11.8 Å². The molecule has 7 heteroatoms. The number of nitrogens with two attached hydrogens (primary N) is 1. The molecule has 116 valence electrons. The highest BCUT2D eigenvalue weighted by molar-refractivity contribution is 6.31. The largest absolute Gasteiger partial charge is 0.483 e. The normalized spacial score (nSPS) is 9.74. The number of benzene rings is 2. The van der Waals surface area contributed by atoms with Crippen LogP contribution in [0.5, 0.6) is 5.75 Å². The van der Waals surface area contributed by atoms with Gasteiger partial charge in [0.2, 0.25) is 0 Å². The summed E-state index contributed by atoms with van der Waals surface area (Å²) in [5.41, 5.74) is 5.98. The molecule has 2 aromatic rings. The third-order valence-electron chi connectivity index (χ3n) is 2.89. The van der Waals surface area contributed by atoms with Crippen molar-refractivity contribution in [2.45, 2.75) is 0 Å². The van der Waals surface area contributed by atoms with Crippen molar-refractivity contribution in [1.82, 2.24) is 0 Å². The first kappa shape index (κ1) is 16.3. The summed E-state index contributed by atoms with van der Waals surface area (Å²) < 4.78 is 5.31. The highest BCUT2D eigenvalue weighted by atomic mass is 35.5. The number of carbonyl (C=O) groups is 2. The Morgan fingerprint density at radius 2 is 2.00 bits per heavy atom. The Balaban J connectivity index is 2.06. The number of amides is 2. The smallest absolute Gasteiger partial charge is 0.262 e. The lowest BCUT2D eigenvalue weighted by atomic mass is 10.2. The first-order valence-electron chi connectivity index (χ1n) is 6.52. The van der Waals surface area contributed by atoms with E-state index < -0.39 is 11.8 Å². The molecule has 2 amide bonds. The van der Waals surface area contributed by atoms with Gasteiger partial charge in [-0.2, -0.15) is 5.26 Å². The van der Waals surface area contributed by atoms with E-state index in [-0.39, 0.29) is 29.2 Å². The highest BCUT2D eigenvalue weighted by Gasteiger charge is 2.12. The van der Waals surface area contributed by atoms with E-state index in [1.165, 1.54) is 24.3 Å². The van der Waals surface area contributed by atoms with Crippen molar-refractivity contribution in [3.63, 3.8) is 0 Å². The minimum atomic E-state index is -0.650. The number of hydrogen-bond donors (Lipinski definition) is 2. The number of nitriles is 1. The van der Waals surface area contributed by atoms with Crippen LogP contribution in [-0.2, 0) is 4.79 Å². The second kappa shape index (κ2) is 7.29. The van der Waals surface area contributed by atoms with Crippen molar-refractivity contribution in [2.75, 3.05) is 11.9 Å². The first-order chi connectivity index (χ1) is 11.0. The Hall–Kier alpha value is -3.04. The fourth-order valence-corrected chi connectivity index (χ4v) is 2.02. The van der Waals surface area contributed by atoms with E-state index in [9.17, 15) is 9.59 Å². The number of primary amides is 1. The van der Waals surface area contributed by atoms with Gasteiger partial charge in [0.25, 0.3) is 11.8 Å². The van der Waals surface area contributed by atoms with Crippen LogP contribution in [0.25, 0.3) is 0 Å². The van der Waals surface area contributed by atoms with E-state index in [1.807, 2.05) is 6.07 Å². The van der Waals surface area contributed by atoms with Gasteiger partial charge in [-0.05, 0) is 30.3 Å². The molecule has 0 aliphatic carbocycles. The minimum Gasteiger partial charge on any atom is -0.483 e. The molecule has 0 unspecified atom stereocenters. The molecule has 0 atom stereocenters. The van der Waals surface area contributed by atoms with Crippen LogP contribution in [0.2, 0.25) is 5.02 Å². The molecule has 0 bridgehead atoms. The number of halogens is 1. The molecule has 0 aliphatic rings. The van der Waals surface area contributed by atoms with Crippen LogP contribution in [-0.4, -0.2) is 18.4 Å². The summed E-state index contributed by atoms with van der Waals surface area (Å²) >= 11 is 5.84. The van der Waals surface area contributed by atoms with Crippen LogP contribution in [0.15, 0.2) is 42.5 Å². The monoisotopic (exact) mass is 329 g/mol.